The zero-order valence-corrected chi connectivity index (χ0v) is 9.71. The second-order valence-corrected chi connectivity index (χ2v) is 4.19. The van der Waals surface area contributed by atoms with E-state index in [0.717, 1.165) is 12.5 Å². The molecule has 1 unspecified atom stereocenters. The first-order valence-corrected chi connectivity index (χ1v) is 5.36. The fraction of sp³-hybridized carbons (Fsp3) is 0.154. The lowest BCUT2D eigenvalue weighted by Crippen LogP contribution is -2.32. The quantitative estimate of drug-likeness (QED) is 0.663. The molecule has 5 heteroatoms. The number of nitrogens with one attached hydrogen (secondary N) is 1. The van der Waals surface area contributed by atoms with E-state index >= 15 is 0 Å². The number of aromatic nitrogens is 1. The Morgan fingerprint density at radius 1 is 1.28 bits per heavy atom. The van der Waals surface area contributed by atoms with Gasteiger partial charge in [0.1, 0.15) is 11.4 Å². The maximum Gasteiger partial charge on any atom is 0.341 e. The number of aromatic hydroxyl groups is 1. The number of aliphatic hydroxyl groups is 1. The van der Waals surface area contributed by atoms with Crippen LogP contribution in [0.15, 0.2) is 36.4 Å². The van der Waals surface area contributed by atoms with E-state index in [4.69, 9.17) is 5.11 Å². The van der Waals surface area contributed by atoms with Gasteiger partial charge in [-0.2, -0.15) is 0 Å². The van der Waals surface area contributed by atoms with Gasteiger partial charge in [-0.15, -0.1) is 0 Å². The normalized spacial score (nSPS) is 14.1. The molecule has 2 rings (SSSR count). The van der Waals surface area contributed by atoms with Crippen molar-refractivity contribution in [1.29, 1.82) is 0 Å². The van der Waals surface area contributed by atoms with Crippen LogP contribution in [-0.4, -0.2) is 26.3 Å². The van der Waals surface area contributed by atoms with Crippen LogP contribution in [0.1, 0.15) is 12.6 Å². The SMILES string of the molecule is CC(O)(C(=O)O)c1[nH]c(-c2ccccc2)cc1O. The van der Waals surface area contributed by atoms with Crippen LogP contribution in [0.4, 0.5) is 0 Å². The minimum Gasteiger partial charge on any atom is -0.506 e. The van der Waals surface area contributed by atoms with Gasteiger partial charge in [0.15, 0.2) is 0 Å². The highest BCUT2D eigenvalue weighted by molar-refractivity contribution is 5.80. The molecule has 0 fully saturated rings. The highest BCUT2D eigenvalue weighted by Crippen LogP contribution is 2.33. The molecule has 4 N–H and O–H groups in total. The smallest absolute Gasteiger partial charge is 0.341 e. The molecule has 0 amide bonds. The molecule has 1 heterocycles. The lowest BCUT2D eigenvalue weighted by Gasteiger charge is -2.16. The van der Waals surface area contributed by atoms with E-state index in [1.165, 1.54) is 6.07 Å². The summed E-state index contributed by atoms with van der Waals surface area (Å²) in [7, 11) is 0. The topological polar surface area (TPSA) is 93.5 Å². The Balaban J connectivity index is 2.49. The van der Waals surface area contributed by atoms with Gasteiger partial charge in [0, 0.05) is 11.8 Å². The summed E-state index contributed by atoms with van der Waals surface area (Å²) < 4.78 is 0. The van der Waals surface area contributed by atoms with Gasteiger partial charge in [0.05, 0.1) is 0 Å². The second-order valence-electron chi connectivity index (χ2n) is 4.19. The number of hydrogen-bond donors (Lipinski definition) is 4. The summed E-state index contributed by atoms with van der Waals surface area (Å²) in [5.41, 5.74) is -0.948. The largest absolute Gasteiger partial charge is 0.506 e. The molecule has 0 bridgehead atoms. The Kier molecular flexibility index (Phi) is 2.84. The molecule has 5 nitrogen and oxygen atoms in total. The lowest BCUT2D eigenvalue weighted by molar-refractivity contribution is -0.158. The third kappa shape index (κ3) is 1.96. The van der Waals surface area contributed by atoms with Gasteiger partial charge in [0.25, 0.3) is 0 Å². The monoisotopic (exact) mass is 247 g/mol. The number of H-pyrrole nitrogens is 1. The number of carboxylic acids is 1. The summed E-state index contributed by atoms with van der Waals surface area (Å²) in [6.07, 6.45) is 0. The summed E-state index contributed by atoms with van der Waals surface area (Å²) >= 11 is 0. The molecule has 0 spiro atoms. The Hall–Kier alpha value is -2.27. The fourth-order valence-corrected chi connectivity index (χ4v) is 1.69. The minimum atomic E-state index is -2.16. The van der Waals surface area contributed by atoms with E-state index in [1.807, 2.05) is 30.3 Å². The average molecular weight is 247 g/mol. The molecule has 0 saturated heterocycles. The van der Waals surface area contributed by atoms with Crippen LogP contribution < -0.4 is 0 Å². The third-order valence-corrected chi connectivity index (χ3v) is 2.78. The van der Waals surface area contributed by atoms with E-state index in [9.17, 15) is 15.0 Å². The van der Waals surface area contributed by atoms with Crippen LogP contribution >= 0.6 is 0 Å². The number of carbonyl (C=O) groups is 1. The summed E-state index contributed by atoms with van der Waals surface area (Å²) in [6.45, 7) is 1.11. The maximum atomic E-state index is 10.9. The molecule has 0 aliphatic heterocycles. The molecule has 94 valence electrons. The summed E-state index contributed by atoms with van der Waals surface area (Å²) in [4.78, 5) is 13.7. The van der Waals surface area contributed by atoms with Crippen LogP contribution in [0.25, 0.3) is 11.3 Å². The molecule has 1 atom stereocenters. The first-order valence-electron chi connectivity index (χ1n) is 5.36. The molecular weight excluding hydrogens is 234 g/mol. The van der Waals surface area contributed by atoms with Crippen molar-refractivity contribution in [2.24, 2.45) is 0 Å². The molecule has 0 saturated carbocycles. The van der Waals surface area contributed by atoms with Crippen molar-refractivity contribution in [3.63, 3.8) is 0 Å². The minimum absolute atomic E-state index is 0.131. The molecular formula is C13H13NO4. The zero-order chi connectivity index (χ0) is 13.3. The predicted octanol–water partition coefficient (Wildman–Crippen LogP) is 1.68. The first kappa shape index (κ1) is 12.2. The summed E-state index contributed by atoms with van der Waals surface area (Å²) in [6, 6.07) is 10.5. The van der Waals surface area contributed by atoms with Crippen molar-refractivity contribution in [2.45, 2.75) is 12.5 Å². The number of benzene rings is 1. The molecule has 1 aromatic heterocycles. The Bertz CT molecular complexity index is 572. The molecule has 18 heavy (non-hydrogen) atoms. The van der Waals surface area contributed by atoms with E-state index in [0.29, 0.717) is 5.69 Å². The molecule has 2 aromatic rings. The first-order chi connectivity index (χ1) is 8.43. The van der Waals surface area contributed by atoms with Crippen LogP contribution in [0.3, 0.4) is 0 Å². The van der Waals surface area contributed by atoms with E-state index in [-0.39, 0.29) is 11.4 Å². The lowest BCUT2D eigenvalue weighted by atomic mass is 10.0. The van der Waals surface area contributed by atoms with Crippen LogP contribution in [0, 0.1) is 0 Å². The third-order valence-electron chi connectivity index (χ3n) is 2.78. The molecule has 0 aliphatic carbocycles. The Morgan fingerprint density at radius 3 is 2.44 bits per heavy atom. The molecule has 0 aliphatic rings. The van der Waals surface area contributed by atoms with Crippen molar-refractivity contribution in [1.82, 2.24) is 4.98 Å². The van der Waals surface area contributed by atoms with Crippen molar-refractivity contribution in [3.05, 3.63) is 42.1 Å². The predicted molar refractivity (Wildman–Crippen MR) is 65.1 cm³/mol. The van der Waals surface area contributed by atoms with Gasteiger partial charge < -0.3 is 20.3 Å². The van der Waals surface area contributed by atoms with Crippen LogP contribution in [0.5, 0.6) is 5.75 Å². The van der Waals surface area contributed by atoms with Gasteiger partial charge >= 0.3 is 5.97 Å². The van der Waals surface area contributed by atoms with E-state index in [2.05, 4.69) is 4.98 Å². The van der Waals surface area contributed by atoms with Gasteiger partial charge in [-0.1, -0.05) is 30.3 Å². The van der Waals surface area contributed by atoms with Crippen molar-refractivity contribution in [3.8, 4) is 17.0 Å². The standard InChI is InChI=1S/C13H13NO4/c1-13(18,12(16)17)11-10(15)7-9(14-11)8-5-3-2-4-6-8/h2-7,14-15,18H,1H3,(H,16,17). The van der Waals surface area contributed by atoms with E-state index < -0.39 is 11.6 Å². The van der Waals surface area contributed by atoms with E-state index in [1.54, 1.807) is 0 Å². The number of rotatable bonds is 3. The second kappa shape index (κ2) is 4.19. The Morgan fingerprint density at radius 2 is 1.89 bits per heavy atom. The average Bonchev–Trinajstić information content (AvgIpc) is 2.73. The highest BCUT2D eigenvalue weighted by atomic mass is 16.4. The fourth-order valence-electron chi connectivity index (χ4n) is 1.69. The van der Waals surface area contributed by atoms with Gasteiger partial charge in [0.2, 0.25) is 5.60 Å². The Labute approximate surface area is 103 Å². The summed E-state index contributed by atoms with van der Waals surface area (Å²) in [5, 5.41) is 28.5. The summed E-state index contributed by atoms with van der Waals surface area (Å²) in [5.74, 6) is -1.71. The van der Waals surface area contributed by atoms with Crippen molar-refractivity contribution < 1.29 is 20.1 Å². The van der Waals surface area contributed by atoms with Crippen molar-refractivity contribution >= 4 is 5.97 Å². The van der Waals surface area contributed by atoms with Gasteiger partial charge in [-0.3, -0.25) is 0 Å². The highest BCUT2D eigenvalue weighted by Gasteiger charge is 2.36. The zero-order valence-electron chi connectivity index (χ0n) is 9.71. The van der Waals surface area contributed by atoms with Crippen molar-refractivity contribution in [2.75, 3.05) is 0 Å². The number of aliphatic carboxylic acids is 1. The van der Waals surface area contributed by atoms with Gasteiger partial charge in [-0.05, 0) is 12.5 Å². The van der Waals surface area contributed by atoms with Gasteiger partial charge in [-0.25, -0.2) is 4.79 Å². The molecule has 0 radical (unpaired) electrons. The number of carboxylic acid groups (broad SMARTS) is 1. The molecule has 1 aromatic carbocycles. The number of aromatic amines is 1. The van der Waals surface area contributed by atoms with Crippen LogP contribution in [0.2, 0.25) is 0 Å². The maximum absolute atomic E-state index is 10.9. The number of hydrogen-bond acceptors (Lipinski definition) is 3. The van der Waals surface area contributed by atoms with Crippen LogP contribution in [-0.2, 0) is 10.4 Å².